The molecule has 0 heterocycles. The third-order valence-corrected chi connectivity index (χ3v) is 4.95. The number of hydrogen-bond acceptors (Lipinski definition) is 4. The average molecular weight is 508 g/mol. The van der Waals surface area contributed by atoms with Crippen LogP contribution in [0.15, 0.2) is 53.6 Å². The summed E-state index contributed by atoms with van der Waals surface area (Å²) >= 11 is 2.24. The smallest absolute Gasteiger partial charge is 0.277 e. The molecule has 1 amide bonds. The summed E-state index contributed by atoms with van der Waals surface area (Å²) in [6.45, 7) is 2.86. The number of carbonyl (C=O) groups is 1. The van der Waals surface area contributed by atoms with E-state index in [1.165, 1.54) is 32.1 Å². The van der Waals surface area contributed by atoms with E-state index in [0.717, 1.165) is 27.9 Å². The van der Waals surface area contributed by atoms with Gasteiger partial charge in [0, 0.05) is 3.57 Å². The first-order chi connectivity index (χ1) is 14.2. The quantitative estimate of drug-likeness (QED) is 0.167. The molecule has 29 heavy (non-hydrogen) atoms. The minimum absolute atomic E-state index is 0.0952. The second-order valence-corrected chi connectivity index (χ2v) is 7.97. The van der Waals surface area contributed by atoms with Gasteiger partial charge < -0.3 is 9.47 Å². The summed E-state index contributed by atoms with van der Waals surface area (Å²) in [6.07, 6.45) is 9.07. The molecule has 0 aliphatic carbocycles. The first kappa shape index (κ1) is 23.2. The van der Waals surface area contributed by atoms with E-state index in [1.807, 2.05) is 36.4 Å². The summed E-state index contributed by atoms with van der Waals surface area (Å²) in [5, 5.41) is 3.94. The lowest BCUT2D eigenvalue weighted by atomic mass is 10.1. The Bertz CT molecular complexity index is 746. The van der Waals surface area contributed by atoms with Crippen molar-refractivity contribution in [1.82, 2.24) is 5.43 Å². The van der Waals surface area contributed by atoms with Crippen LogP contribution in [-0.4, -0.2) is 25.3 Å². The average Bonchev–Trinajstić information content (AvgIpc) is 2.74. The van der Waals surface area contributed by atoms with E-state index in [1.54, 1.807) is 18.3 Å². The van der Waals surface area contributed by atoms with Gasteiger partial charge in [0.2, 0.25) is 0 Å². The number of ether oxygens (including phenoxy) is 2. The summed E-state index contributed by atoms with van der Waals surface area (Å²) in [5.41, 5.74) is 3.38. The molecule has 0 aliphatic heterocycles. The SMILES string of the molecule is CCCCCCCCOc1ccc(OCC(=O)N/N=C/c2ccc(I)cc2)cc1. The third kappa shape index (κ3) is 10.3. The number of hydrazone groups is 1. The van der Waals surface area contributed by atoms with E-state index in [2.05, 4.69) is 40.0 Å². The van der Waals surface area contributed by atoms with Crippen molar-refractivity contribution in [3.8, 4) is 11.5 Å². The van der Waals surface area contributed by atoms with Crippen LogP contribution in [0.5, 0.6) is 11.5 Å². The Morgan fingerprint density at radius 2 is 1.55 bits per heavy atom. The number of nitrogens with zero attached hydrogens (tertiary/aromatic N) is 1. The van der Waals surface area contributed by atoms with E-state index < -0.39 is 0 Å². The normalized spacial score (nSPS) is 10.8. The molecule has 5 nitrogen and oxygen atoms in total. The van der Waals surface area contributed by atoms with Gasteiger partial charge >= 0.3 is 0 Å². The van der Waals surface area contributed by atoms with Crippen molar-refractivity contribution in [3.05, 3.63) is 57.7 Å². The standard InChI is InChI=1S/C23H29IN2O3/c1-2-3-4-5-6-7-16-28-21-12-14-22(15-13-21)29-18-23(27)26-25-17-19-8-10-20(24)11-9-19/h8-15,17H,2-7,16,18H2,1H3,(H,26,27)/b25-17+. The van der Waals surface area contributed by atoms with Gasteiger partial charge in [-0.2, -0.15) is 5.10 Å². The molecule has 2 aromatic carbocycles. The van der Waals surface area contributed by atoms with E-state index in [-0.39, 0.29) is 12.5 Å². The molecule has 156 valence electrons. The Morgan fingerprint density at radius 3 is 2.24 bits per heavy atom. The van der Waals surface area contributed by atoms with Crippen molar-refractivity contribution in [2.45, 2.75) is 45.4 Å². The third-order valence-electron chi connectivity index (χ3n) is 4.23. The van der Waals surface area contributed by atoms with Crippen molar-refractivity contribution in [2.24, 2.45) is 5.10 Å². The zero-order chi connectivity index (χ0) is 20.7. The van der Waals surface area contributed by atoms with Gasteiger partial charge in [-0.15, -0.1) is 0 Å². The van der Waals surface area contributed by atoms with Gasteiger partial charge in [-0.3, -0.25) is 4.79 Å². The lowest BCUT2D eigenvalue weighted by Gasteiger charge is -2.08. The van der Waals surface area contributed by atoms with E-state index in [4.69, 9.17) is 9.47 Å². The van der Waals surface area contributed by atoms with Crippen molar-refractivity contribution < 1.29 is 14.3 Å². The largest absolute Gasteiger partial charge is 0.494 e. The van der Waals surface area contributed by atoms with Crippen LogP contribution in [0.2, 0.25) is 0 Å². The van der Waals surface area contributed by atoms with Crippen LogP contribution in [-0.2, 0) is 4.79 Å². The molecular weight excluding hydrogens is 479 g/mol. The molecule has 0 bridgehead atoms. The Labute approximate surface area is 187 Å². The molecular formula is C23H29IN2O3. The van der Waals surface area contributed by atoms with Crippen LogP contribution in [0.4, 0.5) is 0 Å². The van der Waals surface area contributed by atoms with Gasteiger partial charge in [0.1, 0.15) is 11.5 Å². The van der Waals surface area contributed by atoms with Crippen LogP contribution in [0, 0.1) is 3.57 Å². The first-order valence-corrected chi connectivity index (χ1v) is 11.2. The summed E-state index contributed by atoms with van der Waals surface area (Å²) in [5.74, 6) is 1.13. The van der Waals surface area contributed by atoms with Crippen molar-refractivity contribution >= 4 is 34.7 Å². The fourth-order valence-electron chi connectivity index (χ4n) is 2.61. The second-order valence-electron chi connectivity index (χ2n) is 6.72. The number of rotatable bonds is 13. The van der Waals surface area contributed by atoms with Gasteiger partial charge in [0.25, 0.3) is 5.91 Å². The lowest BCUT2D eigenvalue weighted by molar-refractivity contribution is -0.123. The molecule has 0 unspecified atom stereocenters. The maximum Gasteiger partial charge on any atom is 0.277 e. The zero-order valence-electron chi connectivity index (χ0n) is 16.9. The van der Waals surface area contributed by atoms with Gasteiger partial charge in [0.05, 0.1) is 12.8 Å². The highest BCUT2D eigenvalue weighted by Crippen LogP contribution is 2.18. The highest BCUT2D eigenvalue weighted by Gasteiger charge is 2.02. The van der Waals surface area contributed by atoms with Crippen LogP contribution in [0.3, 0.4) is 0 Å². The molecule has 1 N–H and O–H groups in total. The molecule has 0 atom stereocenters. The highest BCUT2D eigenvalue weighted by atomic mass is 127. The fraction of sp³-hybridized carbons (Fsp3) is 0.391. The minimum atomic E-state index is -0.310. The summed E-state index contributed by atoms with van der Waals surface area (Å²) in [4.78, 5) is 11.8. The van der Waals surface area contributed by atoms with Crippen LogP contribution < -0.4 is 14.9 Å². The van der Waals surface area contributed by atoms with E-state index in [9.17, 15) is 4.79 Å². The lowest BCUT2D eigenvalue weighted by Crippen LogP contribution is -2.24. The molecule has 2 aromatic rings. The Morgan fingerprint density at radius 1 is 0.931 bits per heavy atom. The summed E-state index contributed by atoms with van der Waals surface area (Å²) in [6, 6.07) is 15.2. The van der Waals surface area contributed by atoms with Crippen LogP contribution in [0.1, 0.15) is 51.0 Å². The maximum atomic E-state index is 11.8. The van der Waals surface area contributed by atoms with Crippen LogP contribution in [0.25, 0.3) is 0 Å². The van der Waals surface area contributed by atoms with Gasteiger partial charge in [-0.1, -0.05) is 51.2 Å². The molecule has 0 spiro atoms. The van der Waals surface area contributed by atoms with E-state index in [0.29, 0.717) is 5.75 Å². The number of unbranched alkanes of at least 4 members (excludes halogenated alkanes) is 5. The molecule has 6 heteroatoms. The molecule has 0 aliphatic rings. The Hall–Kier alpha value is -2.09. The number of carbonyl (C=O) groups excluding carboxylic acids is 1. The minimum Gasteiger partial charge on any atom is -0.494 e. The topological polar surface area (TPSA) is 59.9 Å². The Kier molecular flexibility index (Phi) is 11.2. The molecule has 0 saturated carbocycles. The highest BCUT2D eigenvalue weighted by molar-refractivity contribution is 14.1. The van der Waals surface area contributed by atoms with Crippen molar-refractivity contribution in [3.63, 3.8) is 0 Å². The number of amides is 1. The molecule has 2 rings (SSSR count). The fourth-order valence-corrected chi connectivity index (χ4v) is 2.97. The van der Waals surface area contributed by atoms with Gasteiger partial charge in [0.15, 0.2) is 6.61 Å². The molecule has 0 saturated heterocycles. The van der Waals surface area contributed by atoms with E-state index >= 15 is 0 Å². The maximum absolute atomic E-state index is 11.8. The van der Waals surface area contributed by atoms with Crippen LogP contribution >= 0.6 is 22.6 Å². The monoisotopic (exact) mass is 508 g/mol. The number of nitrogens with one attached hydrogen (secondary N) is 1. The number of benzene rings is 2. The molecule has 0 radical (unpaired) electrons. The Balaban J connectivity index is 1.61. The van der Waals surface area contributed by atoms with Gasteiger partial charge in [-0.25, -0.2) is 5.43 Å². The molecule has 0 fully saturated rings. The van der Waals surface area contributed by atoms with Gasteiger partial charge in [-0.05, 0) is 71.0 Å². The number of halogens is 1. The van der Waals surface area contributed by atoms with Crippen molar-refractivity contribution in [1.29, 1.82) is 0 Å². The molecule has 0 aromatic heterocycles. The second kappa shape index (κ2) is 14.0. The first-order valence-electron chi connectivity index (χ1n) is 10.1. The van der Waals surface area contributed by atoms with Crippen molar-refractivity contribution in [2.75, 3.05) is 13.2 Å². The summed E-state index contributed by atoms with van der Waals surface area (Å²) in [7, 11) is 0. The number of hydrogen-bond donors (Lipinski definition) is 1. The predicted molar refractivity (Wildman–Crippen MR) is 126 cm³/mol. The predicted octanol–water partition coefficient (Wildman–Crippen LogP) is 5.56. The zero-order valence-corrected chi connectivity index (χ0v) is 19.1. The summed E-state index contributed by atoms with van der Waals surface area (Å²) < 4.78 is 12.4.